The molecule has 0 radical (unpaired) electrons. The first kappa shape index (κ1) is 44.9. The Morgan fingerprint density at radius 1 is 0.770 bits per heavy atom. The number of aliphatic hydroxyl groups excluding tert-OH is 8. The van der Waals surface area contributed by atoms with Crippen LogP contribution in [0.15, 0.2) is 11.6 Å². The molecule has 8 N–H and O–H groups in total. The molecule has 8 fully saturated rings. The molecule has 1 spiro atoms. The first-order chi connectivity index (χ1) is 28.9. The van der Waals surface area contributed by atoms with Gasteiger partial charge in [0.2, 0.25) is 0 Å². The van der Waals surface area contributed by atoms with E-state index >= 15 is 0 Å². The first-order valence-electron chi connectivity index (χ1n) is 22.7. The Bertz CT molecular complexity index is 1640. The number of allylic oxidation sites excluding steroid dienone is 1. The summed E-state index contributed by atoms with van der Waals surface area (Å²) in [6, 6.07) is 0. The molecule has 0 amide bonds. The molecule has 0 aromatic carbocycles. The van der Waals surface area contributed by atoms with Gasteiger partial charge in [-0.3, -0.25) is 4.79 Å². The van der Waals surface area contributed by atoms with E-state index in [4.69, 9.17) is 37.9 Å². The average molecular weight is 869 g/mol. The molecule has 0 aromatic rings. The third-order valence-corrected chi connectivity index (χ3v) is 17.2. The van der Waals surface area contributed by atoms with Gasteiger partial charge in [0, 0.05) is 30.1 Å². The van der Waals surface area contributed by atoms with Crippen LogP contribution >= 0.6 is 0 Å². The van der Waals surface area contributed by atoms with Gasteiger partial charge in [-0.2, -0.15) is 0 Å². The van der Waals surface area contributed by atoms with Crippen LogP contribution < -0.4 is 0 Å². The highest BCUT2D eigenvalue weighted by Gasteiger charge is 2.71. The Balaban J connectivity index is 0.925. The second kappa shape index (κ2) is 16.6. The van der Waals surface area contributed by atoms with Crippen molar-refractivity contribution >= 4 is 5.78 Å². The fraction of sp³-hybridized carbons (Fsp3) is 0.932. The highest BCUT2D eigenvalue weighted by molar-refractivity contribution is 5.87. The van der Waals surface area contributed by atoms with Crippen molar-refractivity contribution in [3.8, 4) is 0 Å². The minimum atomic E-state index is -1.73. The largest absolute Gasteiger partial charge is 0.394 e. The van der Waals surface area contributed by atoms with E-state index < -0.39 is 110 Å². The van der Waals surface area contributed by atoms with E-state index in [1.54, 1.807) is 0 Å². The van der Waals surface area contributed by atoms with E-state index in [0.29, 0.717) is 43.5 Å². The highest BCUT2D eigenvalue weighted by atomic mass is 16.8. The van der Waals surface area contributed by atoms with E-state index in [9.17, 15) is 45.6 Å². The SMILES string of the molecule is C[C@@H]1CC[C@@]2(OC1)O[C@H]1C[C@H]3[C@@H]4CC=C5C[C@@H](O[C@@H]6O[C@H](CO)[C@@H](O[C@@H]7OC[C@H](O)[C@H](O)[C@H]7O)[C@H](O)[C@H]6O[C@@H]6O[C@@H](C)[C@H](O)[C@@H](O)[C@H]6O)CC[C@]5(C)[C@H]4CC(=O)[C@]3(C)[C@H]1[C@@H]2C. The molecule has 25 atom stereocenters. The van der Waals surface area contributed by atoms with Gasteiger partial charge in [-0.05, 0) is 74.5 Å². The summed E-state index contributed by atoms with van der Waals surface area (Å²) in [6.07, 6.45) is -12.9. The summed E-state index contributed by atoms with van der Waals surface area (Å²) in [4.78, 5) is 14.7. The van der Waals surface area contributed by atoms with Gasteiger partial charge >= 0.3 is 0 Å². The maximum atomic E-state index is 14.7. The number of hydrogen-bond donors (Lipinski definition) is 8. The van der Waals surface area contributed by atoms with Crippen LogP contribution in [0.5, 0.6) is 0 Å². The first-order valence-corrected chi connectivity index (χ1v) is 22.7. The maximum Gasteiger partial charge on any atom is 0.187 e. The number of ether oxygens (including phenoxy) is 8. The zero-order valence-electron chi connectivity index (χ0n) is 35.8. The zero-order valence-corrected chi connectivity index (χ0v) is 35.8. The smallest absolute Gasteiger partial charge is 0.187 e. The van der Waals surface area contributed by atoms with E-state index in [2.05, 4.69) is 33.8 Å². The maximum absolute atomic E-state index is 14.7. The summed E-state index contributed by atoms with van der Waals surface area (Å²) in [7, 11) is 0. The van der Waals surface area contributed by atoms with Crippen molar-refractivity contribution in [1.29, 1.82) is 0 Å². The van der Waals surface area contributed by atoms with Gasteiger partial charge in [0.25, 0.3) is 0 Å². The number of Topliss-reactive ketones (excluding diaryl/α,β-unsaturated/α-hetero) is 1. The quantitative estimate of drug-likeness (QED) is 0.157. The number of carbonyl (C=O) groups is 1. The molecule has 17 nitrogen and oxygen atoms in total. The number of carbonyl (C=O) groups excluding carboxylic acids is 1. The predicted octanol–water partition coefficient (Wildman–Crippen LogP) is 0.0322. The molecule has 0 aromatic heterocycles. The lowest BCUT2D eigenvalue weighted by atomic mass is 9.46. The summed E-state index contributed by atoms with van der Waals surface area (Å²) in [5.41, 5.74) is 0.462. The van der Waals surface area contributed by atoms with Gasteiger partial charge in [0.05, 0.1) is 38.1 Å². The van der Waals surface area contributed by atoms with Crippen molar-refractivity contribution in [2.24, 2.45) is 46.3 Å². The lowest BCUT2D eigenvalue weighted by Crippen LogP contribution is -2.66. The van der Waals surface area contributed by atoms with Gasteiger partial charge in [-0.15, -0.1) is 0 Å². The summed E-state index contributed by atoms with van der Waals surface area (Å²) in [6.45, 7) is 10.1. The van der Waals surface area contributed by atoms with Gasteiger partial charge in [0.1, 0.15) is 66.8 Å². The summed E-state index contributed by atoms with van der Waals surface area (Å²) in [5.74, 6) is 1.15. The van der Waals surface area contributed by atoms with Gasteiger partial charge < -0.3 is 78.7 Å². The summed E-state index contributed by atoms with van der Waals surface area (Å²) in [5, 5.41) is 85.1. The number of aliphatic hydroxyl groups is 8. The molecule has 0 unspecified atom stereocenters. The third kappa shape index (κ3) is 7.24. The van der Waals surface area contributed by atoms with Gasteiger partial charge in [-0.1, -0.05) is 39.3 Å². The molecule has 61 heavy (non-hydrogen) atoms. The lowest BCUT2D eigenvalue weighted by Gasteiger charge is -2.58. The van der Waals surface area contributed by atoms with Crippen molar-refractivity contribution in [2.45, 2.75) is 190 Å². The second-order valence-electron chi connectivity index (χ2n) is 20.5. The topological polar surface area (TPSA) is 253 Å². The Morgan fingerprint density at radius 2 is 1.51 bits per heavy atom. The van der Waals surface area contributed by atoms with Crippen LogP contribution in [0.2, 0.25) is 0 Å². The Hall–Kier alpha value is -1.23. The fourth-order valence-corrected chi connectivity index (χ4v) is 13.4. The Kier molecular flexibility index (Phi) is 12.2. The molecule has 9 rings (SSSR count). The van der Waals surface area contributed by atoms with Crippen molar-refractivity contribution in [3.05, 3.63) is 11.6 Å². The van der Waals surface area contributed by atoms with E-state index in [1.165, 1.54) is 12.5 Å². The van der Waals surface area contributed by atoms with E-state index in [-0.39, 0.29) is 41.8 Å². The highest BCUT2D eigenvalue weighted by Crippen LogP contribution is 2.69. The summed E-state index contributed by atoms with van der Waals surface area (Å²) < 4.78 is 49.4. The standard InChI is InChI=1S/C44H68O17/c1-18-8-11-44(55-16-18)19(2)30-27(61-44)13-25-23-7-6-21-12-22(9-10-42(21,4)24(23)14-29(47)43(25,30)5)57-41-38(60-40-35(52)33(50)31(48)20(3)56-40)36(53)37(28(15-45)58-41)59-39-34(51)32(49)26(46)17-54-39/h6,18-20,22-28,30-41,45-46,48-53H,7-17H2,1-5H3/t18-,19+,20+,22+,23-,24+,25+,26+,27+,28-,30+,31+,32+,33-,34-,35-,36+,37-,38-,39+,40+,41-,42+,43-,44-/m1/s1. The van der Waals surface area contributed by atoms with Crippen LogP contribution in [0.3, 0.4) is 0 Å². The zero-order chi connectivity index (χ0) is 43.5. The van der Waals surface area contributed by atoms with Crippen LogP contribution in [0, 0.1) is 46.3 Å². The molecule has 5 saturated heterocycles. The molecule has 3 saturated carbocycles. The van der Waals surface area contributed by atoms with Crippen molar-refractivity contribution in [3.63, 3.8) is 0 Å². The monoisotopic (exact) mass is 868 g/mol. The van der Waals surface area contributed by atoms with Crippen LogP contribution in [0.4, 0.5) is 0 Å². The minimum Gasteiger partial charge on any atom is -0.394 e. The molecule has 0 bridgehead atoms. The number of ketones is 1. The van der Waals surface area contributed by atoms with Crippen molar-refractivity contribution < 1.29 is 83.5 Å². The van der Waals surface area contributed by atoms with Gasteiger partial charge in [-0.25, -0.2) is 0 Å². The minimum absolute atomic E-state index is 0.00593. The molecule has 9 aliphatic rings. The molecular formula is C44H68O17. The molecular weight excluding hydrogens is 800 g/mol. The predicted molar refractivity (Wildman–Crippen MR) is 209 cm³/mol. The normalized spacial score (nSPS) is 57.2. The number of hydrogen-bond acceptors (Lipinski definition) is 17. The van der Waals surface area contributed by atoms with Crippen LogP contribution in [0.1, 0.15) is 86.0 Å². The molecule has 346 valence electrons. The molecule has 5 aliphatic heterocycles. The Morgan fingerprint density at radius 3 is 2.23 bits per heavy atom. The molecule has 5 heterocycles. The number of fused-ring (bicyclic) bond motifs is 7. The lowest BCUT2D eigenvalue weighted by molar-refractivity contribution is -0.385. The van der Waals surface area contributed by atoms with Crippen molar-refractivity contribution in [1.82, 2.24) is 0 Å². The summed E-state index contributed by atoms with van der Waals surface area (Å²) >= 11 is 0. The van der Waals surface area contributed by atoms with E-state index in [1.807, 2.05) is 0 Å². The van der Waals surface area contributed by atoms with Crippen molar-refractivity contribution in [2.75, 3.05) is 19.8 Å². The van der Waals surface area contributed by atoms with Crippen LogP contribution in [0.25, 0.3) is 0 Å². The molecule has 17 heteroatoms. The van der Waals surface area contributed by atoms with Crippen LogP contribution in [-0.4, -0.2) is 170 Å². The number of rotatable bonds is 7. The molecule has 4 aliphatic carbocycles. The second-order valence-corrected chi connectivity index (χ2v) is 20.5. The average Bonchev–Trinajstić information content (AvgIpc) is 3.69. The van der Waals surface area contributed by atoms with Gasteiger partial charge in [0.15, 0.2) is 24.7 Å². The fourth-order valence-electron chi connectivity index (χ4n) is 13.4. The van der Waals surface area contributed by atoms with Crippen LogP contribution in [-0.2, 0) is 42.7 Å². The third-order valence-electron chi connectivity index (χ3n) is 17.2. The Labute approximate surface area is 356 Å². The van der Waals surface area contributed by atoms with E-state index in [0.717, 1.165) is 32.1 Å².